The maximum absolute atomic E-state index is 6.12. The highest BCUT2D eigenvalue weighted by Gasteiger charge is 2.23. The van der Waals surface area contributed by atoms with Gasteiger partial charge in [0.2, 0.25) is 5.95 Å². The van der Waals surface area contributed by atoms with Crippen molar-refractivity contribution in [2.45, 2.75) is 38.6 Å². The van der Waals surface area contributed by atoms with Gasteiger partial charge in [0.15, 0.2) is 0 Å². The van der Waals surface area contributed by atoms with Crippen molar-refractivity contribution < 1.29 is 4.74 Å². The molecule has 0 unspecified atom stereocenters. The van der Waals surface area contributed by atoms with E-state index in [-0.39, 0.29) is 0 Å². The molecule has 0 amide bonds. The van der Waals surface area contributed by atoms with Gasteiger partial charge in [0.25, 0.3) is 0 Å². The Morgan fingerprint density at radius 3 is 2.68 bits per heavy atom. The zero-order valence-electron chi connectivity index (χ0n) is 11.6. The monoisotopic (exact) mass is 259 g/mol. The first-order valence-electron chi connectivity index (χ1n) is 7.00. The quantitative estimate of drug-likeness (QED) is 0.899. The van der Waals surface area contributed by atoms with Crippen LogP contribution in [-0.2, 0) is 0 Å². The molecule has 1 heterocycles. The summed E-state index contributed by atoms with van der Waals surface area (Å²) in [5.74, 6) is 2.30. The number of benzene rings is 1. The van der Waals surface area contributed by atoms with Gasteiger partial charge in [-0.05, 0) is 43.7 Å². The number of ether oxygens (including phenoxy) is 1. The molecule has 2 aromatic rings. The van der Waals surface area contributed by atoms with Crippen LogP contribution in [0.5, 0.6) is 5.75 Å². The summed E-state index contributed by atoms with van der Waals surface area (Å²) in [7, 11) is 1.67. The molecule has 1 aliphatic rings. The summed E-state index contributed by atoms with van der Waals surface area (Å²) in [6.45, 7) is 2.33. The lowest BCUT2D eigenvalue weighted by atomic mass is 9.87. The van der Waals surface area contributed by atoms with Crippen molar-refractivity contribution in [3.05, 3.63) is 18.2 Å². The molecule has 1 saturated carbocycles. The van der Waals surface area contributed by atoms with Gasteiger partial charge < -0.3 is 15.0 Å². The summed E-state index contributed by atoms with van der Waals surface area (Å²) in [6, 6.07) is 6.49. The summed E-state index contributed by atoms with van der Waals surface area (Å²) in [6.07, 6.45) is 4.95. The Balaban J connectivity index is 2.01. The van der Waals surface area contributed by atoms with Crippen LogP contribution in [0.15, 0.2) is 18.2 Å². The zero-order valence-corrected chi connectivity index (χ0v) is 11.6. The summed E-state index contributed by atoms with van der Waals surface area (Å²) < 4.78 is 7.45. The molecule has 1 aliphatic carbocycles. The number of aromatic nitrogens is 2. The molecule has 1 aromatic carbocycles. The lowest BCUT2D eigenvalue weighted by Crippen LogP contribution is -2.18. The second-order valence-electron chi connectivity index (χ2n) is 5.61. The van der Waals surface area contributed by atoms with E-state index in [1.807, 2.05) is 12.1 Å². The standard InChI is InChI=1S/C15H21N3O/c1-10-3-5-11(6-4-10)18-14-8-7-12(19-2)9-13(14)17-15(18)16/h7-11H,3-6H2,1-2H3,(H2,16,17). The molecule has 0 radical (unpaired) electrons. The van der Waals surface area contributed by atoms with Crippen LogP contribution in [0.1, 0.15) is 38.6 Å². The van der Waals surface area contributed by atoms with Crippen LogP contribution in [0.3, 0.4) is 0 Å². The number of rotatable bonds is 2. The third-order valence-electron chi connectivity index (χ3n) is 4.27. The summed E-state index contributed by atoms with van der Waals surface area (Å²) >= 11 is 0. The van der Waals surface area contributed by atoms with E-state index in [1.165, 1.54) is 25.7 Å². The molecule has 102 valence electrons. The van der Waals surface area contributed by atoms with E-state index in [2.05, 4.69) is 22.5 Å². The van der Waals surface area contributed by atoms with Gasteiger partial charge in [-0.2, -0.15) is 0 Å². The molecule has 0 spiro atoms. The van der Waals surface area contributed by atoms with Gasteiger partial charge in [0, 0.05) is 12.1 Å². The second kappa shape index (κ2) is 4.76. The van der Waals surface area contributed by atoms with Crippen LogP contribution >= 0.6 is 0 Å². The molecule has 19 heavy (non-hydrogen) atoms. The van der Waals surface area contributed by atoms with Crippen molar-refractivity contribution >= 4 is 17.0 Å². The molecule has 0 saturated heterocycles. The fourth-order valence-corrected chi connectivity index (χ4v) is 3.11. The number of hydrogen-bond donors (Lipinski definition) is 1. The van der Waals surface area contributed by atoms with Gasteiger partial charge in [-0.25, -0.2) is 4.98 Å². The highest BCUT2D eigenvalue weighted by Crippen LogP contribution is 2.36. The third kappa shape index (κ3) is 2.15. The van der Waals surface area contributed by atoms with E-state index in [1.54, 1.807) is 7.11 Å². The lowest BCUT2D eigenvalue weighted by molar-refractivity contribution is 0.296. The predicted molar refractivity (Wildman–Crippen MR) is 77.4 cm³/mol. The summed E-state index contributed by atoms with van der Waals surface area (Å²) in [5.41, 5.74) is 8.17. The normalized spacial score (nSPS) is 23.7. The van der Waals surface area contributed by atoms with Crippen molar-refractivity contribution in [2.24, 2.45) is 5.92 Å². The van der Waals surface area contributed by atoms with Gasteiger partial charge in [-0.1, -0.05) is 6.92 Å². The molecule has 0 aliphatic heterocycles. The smallest absolute Gasteiger partial charge is 0.201 e. The van der Waals surface area contributed by atoms with Crippen molar-refractivity contribution in [2.75, 3.05) is 12.8 Å². The zero-order chi connectivity index (χ0) is 13.4. The number of nitrogen functional groups attached to an aromatic ring is 1. The fourth-order valence-electron chi connectivity index (χ4n) is 3.11. The van der Waals surface area contributed by atoms with Crippen LogP contribution < -0.4 is 10.5 Å². The van der Waals surface area contributed by atoms with Crippen LogP contribution in [0, 0.1) is 5.92 Å². The highest BCUT2D eigenvalue weighted by molar-refractivity contribution is 5.80. The molecule has 3 rings (SSSR count). The van der Waals surface area contributed by atoms with E-state index in [4.69, 9.17) is 10.5 Å². The maximum Gasteiger partial charge on any atom is 0.201 e. The van der Waals surface area contributed by atoms with E-state index >= 15 is 0 Å². The minimum Gasteiger partial charge on any atom is -0.497 e. The second-order valence-corrected chi connectivity index (χ2v) is 5.61. The van der Waals surface area contributed by atoms with Crippen LogP contribution in [-0.4, -0.2) is 16.7 Å². The Hall–Kier alpha value is -1.71. The molecule has 4 nitrogen and oxygen atoms in total. The van der Waals surface area contributed by atoms with Gasteiger partial charge in [0.1, 0.15) is 5.75 Å². The first kappa shape index (κ1) is 12.3. The van der Waals surface area contributed by atoms with E-state index < -0.39 is 0 Å². The van der Waals surface area contributed by atoms with Gasteiger partial charge >= 0.3 is 0 Å². The van der Waals surface area contributed by atoms with Crippen LogP contribution in [0.25, 0.3) is 11.0 Å². The summed E-state index contributed by atoms with van der Waals surface area (Å²) in [4.78, 5) is 4.48. The average molecular weight is 259 g/mol. The van der Waals surface area contributed by atoms with Gasteiger partial charge in [0.05, 0.1) is 18.1 Å². The predicted octanol–water partition coefficient (Wildman–Crippen LogP) is 3.38. The van der Waals surface area contributed by atoms with E-state index in [0.29, 0.717) is 12.0 Å². The number of imidazole rings is 1. The van der Waals surface area contributed by atoms with E-state index in [9.17, 15) is 0 Å². The molecular formula is C15H21N3O. The van der Waals surface area contributed by atoms with Gasteiger partial charge in [-0.15, -0.1) is 0 Å². The molecule has 2 N–H and O–H groups in total. The summed E-state index contributed by atoms with van der Waals surface area (Å²) in [5, 5.41) is 0. The van der Waals surface area contributed by atoms with Crippen molar-refractivity contribution in [1.82, 2.24) is 9.55 Å². The average Bonchev–Trinajstić information content (AvgIpc) is 2.74. The molecule has 1 aromatic heterocycles. The van der Waals surface area contributed by atoms with Crippen LogP contribution in [0.2, 0.25) is 0 Å². The Bertz CT molecular complexity index is 582. The molecule has 0 bridgehead atoms. The van der Waals surface area contributed by atoms with Crippen molar-refractivity contribution in [3.8, 4) is 5.75 Å². The molecule has 1 fully saturated rings. The number of nitrogens with zero attached hydrogens (tertiary/aromatic N) is 2. The third-order valence-corrected chi connectivity index (χ3v) is 4.27. The Labute approximate surface area is 113 Å². The van der Waals surface area contributed by atoms with E-state index in [0.717, 1.165) is 22.7 Å². The first-order chi connectivity index (χ1) is 9.19. The Kier molecular flexibility index (Phi) is 3.09. The number of nitrogens with two attached hydrogens (primary N) is 1. The SMILES string of the molecule is COc1ccc2c(c1)nc(N)n2C1CCC(C)CC1. The largest absolute Gasteiger partial charge is 0.497 e. The van der Waals surface area contributed by atoms with Crippen molar-refractivity contribution in [3.63, 3.8) is 0 Å². The topological polar surface area (TPSA) is 53.1 Å². The number of anilines is 1. The molecule has 0 atom stereocenters. The minimum absolute atomic E-state index is 0.495. The molecular weight excluding hydrogens is 238 g/mol. The maximum atomic E-state index is 6.12. The Morgan fingerprint density at radius 2 is 2.00 bits per heavy atom. The first-order valence-corrected chi connectivity index (χ1v) is 7.00. The highest BCUT2D eigenvalue weighted by atomic mass is 16.5. The number of methoxy groups -OCH3 is 1. The van der Waals surface area contributed by atoms with Gasteiger partial charge in [-0.3, -0.25) is 0 Å². The Morgan fingerprint density at radius 1 is 1.26 bits per heavy atom. The fraction of sp³-hybridized carbons (Fsp3) is 0.533. The lowest BCUT2D eigenvalue weighted by Gasteiger charge is -2.28. The van der Waals surface area contributed by atoms with Crippen molar-refractivity contribution in [1.29, 1.82) is 0 Å². The minimum atomic E-state index is 0.495. The van der Waals surface area contributed by atoms with Crippen LogP contribution in [0.4, 0.5) is 5.95 Å². The number of hydrogen-bond acceptors (Lipinski definition) is 3. The molecule has 4 heteroatoms. The number of fused-ring (bicyclic) bond motifs is 1.